The minimum atomic E-state index is -4.53. The fourth-order valence-corrected chi connectivity index (χ4v) is 5.52. The van der Waals surface area contributed by atoms with E-state index in [2.05, 4.69) is 4.98 Å². The molecule has 6 nitrogen and oxygen atoms in total. The van der Waals surface area contributed by atoms with Crippen molar-refractivity contribution < 1.29 is 26.4 Å². The Hall–Kier alpha value is -2.17. The molecule has 0 atom stereocenters. The predicted octanol–water partition coefficient (Wildman–Crippen LogP) is 4.00. The number of halogens is 4. The maximum absolute atomic E-state index is 12.8. The molecule has 0 N–H and O–H groups in total. The number of rotatable bonds is 6. The maximum atomic E-state index is 12.8. The van der Waals surface area contributed by atoms with Crippen molar-refractivity contribution in [3.05, 3.63) is 58.9 Å². The zero-order valence-electron chi connectivity index (χ0n) is 17.3. The van der Waals surface area contributed by atoms with Crippen LogP contribution in [0.15, 0.2) is 47.5 Å². The van der Waals surface area contributed by atoms with Crippen molar-refractivity contribution in [2.75, 3.05) is 19.6 Å². The number of carbonyl (C=O) groups is 1. The first-order valence-corrected chi connectivity index (χ1v) is 11.9. The molecule has 0 saturated carbocycles. The number of benzene rings is 1. The van der Waals surface area contributed by atoms with Crippen molar-refractivity contribution in [2.24, 2.45) is 0 Å². The highest BCUT2D eigenvalue weighted by molar-refractivity contribution is 7.89. The van der Waals surface area contributed by atoms with E-state index in [1.807, 2.05) is 0 Å². The van der Waals surface area contributed by atoms with Gasteiger partial charge in [-0.05, 0) is 31.0 Å². The van der Waals surface area contributed by atoms with Gasteiger partial charge in [-0.1, -0.05) is 29.8 Å². The van der Waals surface area contributed by atoms with Gasteiger partial charge in [0.05, 0.1) is 21.2 Å². The SMILES string of the molecule is CC(=O)N(CCc1ncc(C(F)(F)F)cc1Cl)C1CCN(S(=O)(=O)c2ccccc2)CC1. The van der Waals surface area contributed by atoms with Gasteiger partial charge in [0.1, 0.15) is 0 Å². The molecule has 1 amide bonds. The Morgan fingerprint density at radius 2 is 1.84 bits per heavy atom. The summed E-state index contributed by atoms with van der Waals surface area (Å²) in [5.74, 6) is -0.197. The molecular weight excluding hydrogens is 467 g/mol. The number of carbonyl (C=O) groups excluding carboxylic acids is 1. The number of piperidine rings is 1. The smallest absolute Gasteiger partial charge is 0.339 e. The topological polar surface area (TPSA) is 70.6 Å². The molecule has 0 unspecified atom stereocenters. The molecule has 11 heteroatoms. The minimum absolute atomic E-state index is 0.105. The first kappa shape index (κ1) is 24.5. The molecule has 1 aliphatic heterocycles. The zero-order valence-corrected chi connectivity index (χ0v) is 18.9. The van der Waals surface area contributed by atoms with E-state index in [-0.39, 0.29) is 53.6 Å². The van der Waals surface area contributed by atoms with Crippen LogP contribution in [0.25, 0.3) is 0 Å². The van der Waals surface area contributed by atoms with Gasteiger partial charge in [0, 0.05) is 45.2 Å². The van der Waals surface area contributed by atoms with E-state index in [0.29, 0.717) is 12.8 Å². The van der Waals surface area contributed by atoms with Crippen LogP contribution in [0.1, 0.15) is 31.0 Å². The molecule has 174 valence electrons. The zero-order chi connectivity index (χ0) is 23.5. The third kappa shape index (κ3) is 5.60. The summed E-state index contributed by atoms with van der Waals surface area (Å²) < 4.78 is 65.3. The van der Waals surface area contributed by atoms with E-state index >= 15 is 0 Å². The van der Waals surface area contributed by atoms with Crippen molar-refractivity contribution in [3.8, 4) is 0 Å². The van der Waals surface area contributed by atoms with Crippen LogP contribution < -0.4 is 0 Å². The lowest BCUT2D eigenvalue weighted by atomic mass is 10.0. The van der Waals surface area contributed by atoms with Gasteiger partial charge in [-0.25, -0.2) is 8.42 Å². The average Bonchev–Trinajstić information content (AvgIpc) is 2.75. The summed E-state index contributed by atoms with van der Waals surface area (Å²) in [6.07, 6.45) is -2.69. The van der Waals surface area contributed by atoms with Gasteiger partial charge >= 0.3 is 6.18 Å². The summed E-state index contributed by atoms with van der Waals surface area (Å²) in [5.41, 5.74) is -0.656. The van der Waals surface area contributed by atoms with Crippen LogP contribution in [0.4, 0.5) is 13.2 Å². The second kappa shape index (κ2) is 9.76. The largest absolute Gasteiger partial charge is 0.417 e. The molecule has 0 spiro atoms. The predicted molar refractivity (Wildman–Crippen MR) is 114 cm³/mol. The third-order valence-corrected chi connectivity index (χ3v) is 7.72. The van der Waals surface area contributed by atoms with E-state index < -0.39 is 21.8 Å². The summed E-state index contributed by atoms with van der Waals surface area (Å²) in [7, 11) is -3.60. The summed E-state index contributed by atoms with van der Waals surface area (Å²) in [5, 5.41) is -0.105. The summed E-state index contributed by atoms with van der Waals surface area (Å²) in [4.78, 5) is 17.9. The number of sulfonamides is 1. The number of aromatic nitrogens is 1. The van der Waals surface area contributed by atoms with Crippen molar-refractivity contribution in [3.63, 3.8) is 0 Å². The van der Waals surface area contributed by atoms with E-state index in [1.54, 1.807) is 35.2 Å². The Morgan fingerprint density at radius 3 is 2.38 bits per heavy atom. The molecule has 1 aromatic heterocycles. The van der Waals surface area contributed by atoms with E-state index in [4.69, 9.17) is 11.6 Å². The van der Waals surface area contributed by atoms with Crippen molar-refractivity contribution >= 4 is 27.5 Å². The summed E-state index contributed by atoms with van der Waals surface area (Å²) in [6, 6.07) is 8.81. The third-order valence-electron chi connectivity index (χ3n) is 5.48. The highest BCUT2D eigenvalue weighted by atomic mass is 35.5. The average molecular weight is 490 g/mol. The van der Waals surface area contributed by atoms with Gasteiger partial charge < -0.3 is 4.90 Å². The second-order valence-corrected chi connectivity index (χ2v) is 9.91. The van der Waals surface area contributed by atoms with Gasteiger partial charge in [0.15, 0.2) is 0 Å². The number of nitrogens with zero attached hydrogens (tertiary/aromatic N) is 3. The van der Waals surface area contributed by atoms with Gasteiger partial charge in [-0.15, -0.1) is 0 Å². The monoisotopic (exact) mass is 489 g/mol. The molecule has 0 bridgehead atoms. The van der Waals surface area contributed by atoms with Crippen LogP contribution in [0.2, 0.25) is 5.02 Å². The van der Waals surface area contributed by atoms with E-state index in [1.165, 1.54) is 11.2 Å². The van der Waals surface area contributed by atoms with Gasteiger partial charge in [-0.3, -0.25) is 9.78 Å². The molecule has 32 heavy (non-hydrogen) atoms. The lowest BCUT2D eigenvalue weighted by Crippen LogP contribution is -2.48. The Balaban J connectivity index is 1.64. The molecule has 2 aromatic rings. The standard InChI is InChI=1S/C21H23ClF3N3O3S/c1-15(29)28(12-9-20-19(22)13-16(14-26-20)21(23,24)25)17-7-10-27(11-8-17)32(30,31)18-5-3-2-4-6-18/h2-6,13-14,17H,7-12H2,1H3. The Kier molecular flexibility index (Phi) is 7.46. The Labute approximate surface area is 190 Å². The first-order valence-electron chi connectivity index (χ1n) is 10.0. The van der Waals surface area contributed by atoms with E-state index in [9.17, 15) is 26.4 Å². The molecule has 1 fully saturated rings. The van der Waals surface area contributed by atoms with Crippen molar-refractivity contribution in [1.82, 2.24) is 14.2 Å². The maximum Gasteiger partial charge on any atom is 0.417 e. The number of alkyl halides is 3. The van der Waals surface area contributed by atoms with Gasteiger partial charge in [0.25, 0.3) is 0 Å². The number of hydrogen-bond acceptors (Lipinski definition) is 4. The first-order chi connectivity index (χ1) is 15.0. The summed E-state index contributed by atoms with van der Waals surface area (Å²) >= 11 is 5.97. The fraction of sp³-hybridized carbons (Fsp3) is 0.429. The van der Waals surface area contributed by atoms with Crippen LogP contribution in [0.5, 0.6) is 0 Å². The number of amides is 1. The highest BCUT2D eigenvalue weighted by Gasteiger charge is 2.33. The molecule has 1 aromatic carbocycles. The quantitative estimate of drug-likeness (QED) is 0.615. The number of pyridine rings is 1. The molecular formula is C21H23ClF3N3O3S. The van der Waals surface area contributed by atoms with Gasteiger partial charge in [-0.2, -0.15) is 17.5 Å². The lowest BCUT2D eigenvalue weighted by Gasteiger charge is -2.37. The molecule has 3 rings (SSSR count). The lowest BCUT2D eigenvalue weighted by molar-refractivity contribution is -0.137. The number of hydrogen-bond donors (Lipinski definition) is 0. The van der Waals surface area contributed by atoms with Crippen LogP contribution >= 0.6 is 11.6 Å². The Bertz CT molecular complexity index is 1060. The van der Waals surface area contributed by atoms with Crippen LogP contribution in [-0.2, 0) is 27.4 Å². The second-order valence-electron chi connectivity index (χ2n) is 7.56. The van der Waals surface area contributed by atoms with Crippen LogP contribution in [0.3, 0.4) is 0 Å². The molecule has 0 aliphatic carbocycles. The molecule has 1 aliphatic rings. The van der Waals surface area contributed by atoms with Crippen molar-refractivity contribution in [1.29, 1.82) is 0 Å². The molecule has 1 saturated heterocycles. The van der Waals surface area contributed by atoms with Gasteiger partial charge in [0.2, 0.25) is 15.9 Å². The fourth-order valence-electron chi connectivity index (χ4n) is 3.76. The minimum Gasteiger partial charge on any atom is -0.339 e. The summed E-state index contributed by atoms with van der Waals surface area (Å²) in [6.45, 7) is 2.17. The van der Waals surface area contributed by atoms with Crippen LogP contribution in [-0.4, -0.2) is 54.2 Å². The van der Waals surface area contributed by atoms with E-state index in [0.717, 1.165) is 12.3 Å². The van der Waals surface area contributed by atoms with Crippen molar-refractivity contribution in [2.45, 2.75) is 43.3 Å². The molecule has 2 heterocycles. The highest BCUT2D eigenvalue weighted by Crippen LogP contribution is 2.31. The van der Waals surface area contributed by atoms with Crippen LogP contribution in [0, 0.1) is 0 Å². The normalized spacial score (nSPS) is 16.2. The Morgan fingerprint density at radius 1 is 1.22 bits per heavy atom. The molecule has 0 radical (unpaired) electrons.